The summed E-state index contributed by atoms with van der Waals surface area (Å²) < 4.78 is 4.98. The standard InChI is InChI=1S/C14H21N3O2/c1-3-19-14(18)11-6-7-16-13(12(11)15)17-10-5-4-9(2)8-10/h6-7,9-10H,3-5,8,15H2,1-2H3,(H,16,17). The van der Waals surface area contributed by atoms with Crippen LogP contribution in [-0.4, -0.2) is 23.6 Å². The number of esters is 1. The van der Waals surface area contributed by atoms with Gasteiger partial charge >= 0.3 is 5.97 Å². The van der Waals surface area contributed by atoms with E-state index in [4.69, 9.17) is 10.5 Å². The van der Waals surface area contributed by atoms with Crippen LogP contribution in [-0.2, 0) is 4.74 Å². The molecule has 1 aromatic heterocycles. The lowest BCUT2D eigenvalue weighted by molar-refractivity contribution is 0.0527. The fraction of sp³-hybridized carbons (Fsp3) is 0.571. The molecule has 19 heavy (non-hydrogen) atoms. The maximum absolute atomic E-state index is 11.7. The van der Waals surface area contributed by atoms with E-state index in [1.54, 1.807) is 19.2 Å². The number of rotatable bonds is 4. The van der Waals surface area contributed by atoms with Crippen LogP contribution in [0.4, 0.5) is 11.5 Å². The second-order valence-corrected chi connectivity index (χ2v) is 5.10. The SMILES string of the molecule is CCOC(=O)c1ccnc(NC2CCC(C)C2)c1N. The number of pyridine rings is 1. The molecular formula is C14H21N3O2. The van der Waals surface area contributed by atoms with Crippen LogP contribution < -0.4 is 11.1 Å². The van der Waals surface area contributed by atoms with Gasteiger partial charge in [-0.1, -0.05) is 6.92 Å². The third-order valence-corrected chi connectivity index (χ3v) is 3.52. The van der Waals surface area contributed by atoms with E-state index in [-0.39, 0.29) is 0 Å². The Labute approximate surface area is 113 Å². The number of nitrogen functional groups attached to an aromatic ring is 1. The highest BCUT2D eigenvalue weighted by Crippen LogP contribution is 2.29. The first-order chi connectivity index (χ1) is 9.11. The number of nitrogens with zero attached hydrogens (tertiary/aromatic N) is 1. The van der Waals surface area contributed by atoms with Gasteiger partial charge in [-0.3, -0.25) is 0 Å². The number of anilines is 2. The Morgan fingerprint density at radius 2 is 2.37 bits per heavy atom. The fourth-order valence-corrected chi connectivity index (χ4v) is 2.51. The van der Waals surface area contributed by atoms with E-state index in [0.29, 0.717) is 29.7 Å². The van der Waals surface area contributed by atoms with E-state index >= 15 is 0 Å². The molecule has 0 aliphatic heterocycles. The van der Waals surface area contributed by atoms with Crippen molar-refractivity contribution in [1.82, 2.24) is 4.98 Å². The second kappa shape index (κ2) is 5.91. The summed E-state index contributed by atoms with van der Waals surface area (Å²) in [7, 11) is 0. The summed E-state index contributed by atoms with van der Waals surface area (Å²) >= 11 is 0. The summed E-state index contributed by atoms with van der Waals surface area (Å²) in [5.41, 5.74) is 6.76. The van der Waals surface area contributed by atoms with Crippen molar-refractivity contribution < 1.29 is 9.53 Å². The Bertz CT molecular complexity index is 462. The number of hydrogen-bond acceptors (Lipinski definition) is 5. The lowest BCUT2D eigenvalue weighted by atomic mass is 10.1. The number of ether oxygens (including phenoxy) is 1. The normalized spacial score (nSPS) is 22.2. The first-order valence-electron chi connectivity index (χ1n) is 6.80. The Kier molecular flexibility index (Phi) is 4.24. The van der Waals surface area contributed by atoms with Crippen LogP contribution in [0.5, 0.6) is 0 Å². The lowest BCUT2D eigenvalue weighted by Gasteiger charge is -2.16. The van der Waals surface area contributed by atoms with E-state index < -0.39 is 5.97 Å². The Balaban J connectivity index is 2.13. The molecule has 5 nitrogen and oxygen atoms in total. The molecule has 0 bridgehead atoms. The molecule has 2 rings (SSSR count). The number of hydrogen-bond donors (Lipinski definition) is 2. The molecule has 104 valence electrons. The van der Waals surface area contributed by atoms with Crippen molar-refractivity contribution in [3.8, 4) is 0 Å². The van der Waals surface area contributed by atoms with Crippen LogP contribution in [0.1, 0.15) is 43.5 Å². The van der Waals surface area contributed by atoms with Crippen LogP contribution >= 0.6 is 0 Å². The molecule has 5 heteroatoms. The molecule has 1 aliphatic rings. The smallest absolute Gasteiger partial charge is 0.340 e. The lowest BCUT2D eigenvalue weighted by Crippen LogP contribution is -2.19. The van der Waals surface area contributed by atoms with Crippen molar-refractivity contribution in [1.29, 1.82) is 0 Å². The Morgan fingerprint density at radius 3 is 3.00 bits per heavy atom. The van der Waals surface area contributed by atoms with Crippen LogP contribution in [0.15, 0.2) is 12.3 Å². The van der Waals surface area contributed by atoms with E-state index in [1.165, 1.54) is 6.42 Å². The molecule has 0 amide bonds. The van der Waals surface area contributed by atoms with Gasteiger partial charge in [0.05, 0.1) is 17.9 Å². The number of nitrogens with two attached hydrogens (primary N) is 1. The van der Waals surface area contributed by atoms with Gasteiger partial charge in [0.15, 0.2) is 0 Å². The molecule has 1 saturated carbocycles. The summed E-state index contributed by atoms with van der Waals surface area (Å²) in [6, 6.07) is 1.98. The zero-order valence-electron chi connectivity index (χ0n) is 11.5. The van der Waals surface area contributed by atoms with Gasteiger partial charge in [-0.05, 0) is 38.2 Å². The van der Waals surface area contributed by atoms with Crippen LogP contribution in [0.2, 0.25) is 0 Å². The maximum Gasteiger partial charge on any atom is 0.340 e. The highest BCUT2D eigenvalue weighted by atomic mass is 16.5. The van der Waals surface area contributed by atoms with Crippen LogP contribution in [0.3, 0.4) is 0 Å². The average molecular weight is 263 g/mol. The molecular weight excluding hydrogens is 242 g/mol. The summed E-state index contributed by atoms with van der Waals surface area (Å²) in [5, 5.41) is 3.33. The first-order valence-corrected chi connectivity index (χ1v) is 6.80. The van der Waals surface area contributed by atoms with E-state index in [1.807, 2.05) is 0 Å². The minimum absolute atomic E-state index is 0.337. The molecule has 2 atom stereocenters. The zero-order chi connectivity index (χ0) is 13.8. The van der Waals surface area contributed by atoms with Gasteiger partial charge in [-0.2, -0.15) is 0 Å². The molecule has 1 heterocycles. The maximum atomic E-state index is 11.7. The zero-order valence-corrected chi connectivity index (χ0v) is 11.5. The quantitative estimate of drug-likeness (QED) is 0.816. The third-order valence-electron chi connectivity index (χ3n) is 3.52. The number of carbonyl (C=O) groups is 1. The Hall–Kier alpha value is -1.78. The van der Waals surface area contributed by atoms with Gasteiger partial charge in [0.1, 0.15) is 5.82 Å². The van der Waals surface area contributed by atoms with Crippen molar-refractivity contribution >= 4 is 17.5 Å². The van der Waals surface area contributed by atoms with Gasteiger partial charge in [-0.15, -0.1) is 0 Å². The Morgan fingerprint density at radius 1 is 1.58 bits per heavy atom. The number of carbonyl (C=O) groups excluding carboxylic acids is 1. The molecule has 2 unspecified atom stereocenters. The summed E-state index contributed by atoms with van der Waals surface area (Å²) in [4.78, 5) is 16.0. The summed E-state index contributed by atoms with van der Waals surface area (Å²) in [6.07, 6.45) is 5.04. The van der Waals surface area contributed by atoms with Crippen molar-refractivity contribution in [2.24, 2.45) is 5.92 Å². The molecule has 1 fully saturated rings. The molecule has 0 aromatic carbocycles. The molecule has 0 radical (unpaired) electrons. The average Bonchev–Trinajstić information content (AvgIpc) is 2.78. The van der Waals surface area contributed by atoms with Gasteiger partial charge in [0.25, 0.3) is 0 Å². The number of nitrogens with one attached hydrogen (secondary N) is 1. The predicted octanol–water partition coefficient (Wildman–Crippen LogP) is 2.44. The largest absolute Gasteiger partial charge is 0.462 e. The second-order valence-electron chi connectivity index (χ2n) is 5.10. The molecule has 3 N–H and O–H groups in total. The van der Waals surface area contributed by atoms with Crippen molar-refractivity contribution in [3.63, 3.8) is 0 Å². The van der Waals surface area contributed by atoms with E-state index in [9.17, 15) is 4.79 Å². The molecule has 0 saturated heterocycles. The van der Waals surface area contributed by atoms with Gasteiger partial charge < -0.3 is 15.8 Å². The monoisotopic (exact) mass is 263 g/mol. The van der Waals surface area contributed by atoms with Crippen LogP contribution in [0.25, 0.3) is 0 Å². The molecule has 1 aromatic rings. The highest BCUT2D eigenvalue weighted by molar-refractivity contribution is 5.97. The van der Waals surface area contributed by atoms with E-state index in [0.717, 1.165) is 18.8 Å². The summed E-state index contributed by atoms with van der Waals surface area (Å²) in [6.45, 7) is 4.35. The van der Waals surface area contributed by atoms with Gasteiger partial charge in [0.2, 0.25) is 0 Å². The topological polar surface area (TPSA) is 77.2 Å². The minimum Gasteiger partial charge on any atom is -0.462 e. The molecule has 1 aliphatic carbocycles. The van der Waals surface area contributed by atoms with Crippen molar-refractivity contribution in [2.45, 2.75) is 39.2 Å². The van der Waals surface area contributed by atoms with Gasteiger partial charge in [0, 0.05) is 12.2 Å². The highest BCUT2D eigenvalue weighted by Gasteiger charge is 2.23. The number of aromatic nitrogens is 1. The van der Waals surface area contributed by atoms with Crippen molar-refractivity contribution in [3.05, 3.63) is 17.8 Å². The summed E-state index contributed by atoms with van der Waals surface area (Å²) in [5.74, 6) is 0.918. The first kappa shape index (κ1) is 13.6. The van der Waals surface area contributed by atoms with E-state index in [2.05, 4.69) is 17.2 Å². The molecule has 0 spiro atoms. The van der Waals surface area contributed by atoms with Crippen molar-refractivity contribution in [2.75, 3.05) is 17.7 Å². The van der Waals surface area contributed by atoms with Crippen LogP contribution in [0, 0.1) is 5.92 Å². The third kappa shape index (κ3) is 3.16. The fourth-order valence-electron chi connectivity index (χ4n) is 2.51. The minimum atomic E-state index is -0.398. The van der Waals surface area contributed by atoms with Gasteiger partial charge in [-0.25, -0.2) is 9.78 Å². The predicted molar refractivity (Wildman–Crippen MR) is 75.0 cm³/mol.